The molecule has 104 valence electrons. The average Bonchev–Trinajstić information content (AvgIpc) is 2.99. The van der Waals surface area contributed by atoms with Crippen LogP contribution in [0.5, 0.6) is 5.75 Å². The lowest BCUT2D eigenvalue weighted by molar-refractivity contribution is 0.301. The zero-order chi connectivity index (χ0) is 14.0. The van der Waals surface area contributed by atoms with Crippen LogP contribution in [0.25, 0.3) is 0 Å². The molecule has 0 radical (unpaired) electrons. The van der Waals surface area contributed by atoms with Crippen LogP contribution in [0, 0.1) is 11.8 Å². The summed E-state index contributed by atoms with van der Waals surface area (Å²) in [5.74, 6) is 6.72. The second kappa shape index (κ2) is 8.03. The predicted octanol–water partition coefficient (Wildman–Crippen LogP) is 2.09. The van der Waals surface area contributed by atoms with Gasteiger partial charge in [-0.05, 0) is 30.7 Å². The minimum absolute atomic E-state index is 0.102. The fraction of sp³-hybridized carbons (Fsp3) is 0.312. The van der Waals surface area contributed by atoms with Crippen molar-refractivity contribution in [1.82, 2.24) is 9.55 Å². The van der Waals surface area contributed by atoms with E-state index in [4.69, 9.17) is 9.84 Å². The molecule has 0 aliphatic rings. The molecule has 0 unspecified atom stereocenters. The fourth-order valence-electron chi connectivity index (χ4n) is 1.71. The van der Waals surface area contributed by atoms with E-state index in [1.807, 2.05) is 35.0 Å². The first-order valence-corrected chi connectivity index (χ1v) is 6.67. The lowest BCUT2D eigenvalue weighted by Gasteiger charge is -2.06. The monoisotopic (exact) mass is 270 g/mol. The fourth-order valence-corrected chi connectivity index (χ4v) is 1.71. The van der Waals surface area contributed by atoms with Gasteiger partial charge in [0.05, 0.1) is 19.5 Å². The van der Waals surface area contributed by atoms with Crippen molar-refractivity contribution in [1.29, 1.82) is 0 Å². The molecule has 0 spiro atoms. The first-order valence-electron chi connectivity index (χ1n) is 6.67. The van der Waals surface area contributed by atoms with Gasteiger partial charge in [0.25, 0.3) is 0 Å². The van der Waals surface area contributed by atoms with Crippen molar-refractivity contribution in [3.63, 3.8) is 0 Å². The number of ether oxygens (including phenoxy) is 1. The molecule has 1 heterocycles. The Labute approximate surface area is 119 Å². The number of aromatic nitrogens is 2. The number of aliphatic hydroxyl groups is 1. The molecule has 0 aliphatic heterocycles. The van der Waals surface area contributed by atoms with Crippen molar-refractivity contribution in [2.45, 2.75) is 19.4 Å². The van der Waals surface area contributed by atoms with Crippen LogP contribution in [0.3, 0.4) is 0 Å². The summed E-state index contributed by atoms with van der Waals surface area (Å²) >= 11 is 0. The number of imidazole rings is 1. The Balaban J connectivity index is 1.72. The predicted molar refractivity (Wildman–Crippen MR) is 77.4 cm³/mol. The highest BCUT2D eigenvalue weighted by Crippen LogP contribution is 2.11. The van der Waals surface area contributed by atoms with Crippen LogP contribution >= 0.6 is 0 Å². The van der Waals surface area contributed by atoms with Crippen molar-refractivity contribution in [2.24, 2.45) is 0 Å². The van der Waals surface area contributed by atoms with Crippen molar-refractivity contribution >= 4 is 0 Å². The van der Waals surface area contributed by atoms with E-state index in [0.29, 0.717) is 13.0 Å². The van der Waals surface area contributed by atoms with Gasteiger partial charge in [0.1, 0.15) is 5.75 Å². The van der Waals surface area contributed by atoms with Gasteiger partial charge in [-0.1, -0.05) is 11.8 Å². The first kappa shape index (κ1) is 14.2. The Hall–Kier alpha value is -2.25. The largest absolute Gasteiger partial charge is 0.494 e. The van der Waals surface area contributed by atoms with Gasteiger partial charge in [-0.2, -0.15) is 0 Å². The van der Waals surface area contributed by atoms with E-state index in [9.17, 15) is 0 Å². The maximum absolute atomic E-state index is 8.65. The number of nitrogens with zero attached hydrogens (tertiary/aromatic N) is 2. The SMILES string of the molecule is OCCC#Cc1ccc(OCCCn2ccnc2)cc1. The van der Waals surface area contributed by atoms with E-state index in [1.165, 1.54) is 0 Å². The van der Waals surface area contributed by atoms with Crippen LogP contribution in [0.15, 0.2) is 43.0 Å². The highest BCUT2D eigenvalue weighted by molar-refractivity contribution is 5.38. The van der Waals surface area contributed by atoms with Crippen LogP contribution in [-0.2, 0) is 6.54 Å². The second-order valence-corrected chi connectivity index (χ2v) is 4.30. The topological polar surface area (TPSA) is 47.3 Å². The van der Waals surface area contributed by atoms with Gasteiger partial charge in [-0.25, -0.2) is 4.98 Å². The molecule has 4 nitrogen and oxygen atoms in total. The molecule has 1 aromatic carbocycles. The summed E-state index contributed by atoms with van der Waals surface area (Å²) in [7, 11) is 0. The molecule has 0 amide bonds. The molecule has 4 heteroatoms. The molecular weight excluding hydrogens is 252 g/mol. The molecule has 2 rings (SSSR count). The summed E-state index contributed by atoms with van der Waals surface area (Å²) in [4.78, 5) is 3.99. The molecule has 0 atom stereocenters. The molecule has 0 saturated carbocycles. The van der Waals surface area contributed by atoms with Crippen LogP contribution < -0.4 is 4.74 Å². The second-order valence-electron chi connectivity index (χ2n) is 4.30. The molecule has 2 aromatic rings. The summed E-state index contributed by atoms with van der Waals surface area (Å²) in [6, 6.07) is 7.69. The number of rotatable bonds is 6. The Bertz CT molecular complexity index is 550. The maximum atomic E-state index is 8.65. The van der Waals surface area contributed by atoms with Crippen molar-refractivity contribution < 1.29 is 9.84 Å². The van der Waals surface area contributed by atoms with Crippen molar-refractivity contribution in [2.75, 3.05) is 13.2 Å². The summed E-state index contributed by atoms with van der Waals surface area (Å²) in [5, 5.41) is 8.65. The van der Waals surface area contributed by atoms with Gasteiger partial charge in [-0.3, -0.25) is 0 Å². The average molecular weight is 270 g/mol. The van der Waals surface area contributed by atoms with E-state index < -0.39 is 0 Å². The third-order valence-electron chi connectivity index (χ3n) is 2.71. The number of benzene rings is 1. The standard InChI is InChI=1S/C16H18N2O2/c19-12-2-1-4-15-5-7-16(8-6-15)20-13-3-10-18-11-9-17-14-18/h5-9,11,14,19H,2-3,10,12-13H2. The van der Waals surface area contributed by atoms with Crippen molar-refractivity contribution in [3.05, 3.63) is 48.5 Å². The van der Waals surface area contributed by atoms with Gasteiger partial charge in [0.15, 0.2) is 0 Å². The van der Waals surface area contributed by atoms with Gasteiger partial charge < -0.3 is 14.4 Å². The minimum Gasteiger partial charge on any atom is -0.494 e. The quantitative estimate of drug-likeness (QED) is 0.646. The van der Waals surface area contributed by atoms with E-state index in [1.54, 1.807) is 12.5 Å². The smallest absolute Gasteiger partial charge is 0.119 e. The zero-order valence-electron chi connectivity index (χ0n) is 11.3. The van der Waals surface area contributed by atoms with Gasteiger partial charge in [0, 0.05) is 30.9 Å². The van der Waals surface area contributed by atoms with Gasteiger partial charge in [0.2, 0.25) is 0 Å². The van der Waals surface area contributed by atoms with Crippen molar-refractivity contribution in [3.8, 4) is 17.6 Å². The van der Waals surface area contributed by atoms with Crippen LogP contribution in [0.4, 0.5) is 0 Å². The lowest BCUT2D eigenvalue weighted by Crippen LogP contribution is -2.02. The molecular formula is C16H18N2O2. The number of aryl methyl sites for hydroxylation is 1. The van der Waals surface area contributed by atoms with Gasteiger partial charge >= 0.3 is 0 Å². The molecule has 0 saturated heterocycles. The van der Waals surface area contributed by atoms with Crippen LogP contribution in [0.2, 0.25) is 0 Å². The first-order chi connectivity index (χ1) is 9.88. The van der Waals surface area contributed by atoms with E-state index >= 15 is 0 Å². The molecule has 1 aromatic heterocycles. The summed E-state index contributed by atoms with van der Waals surface area (Å²) in [5.41, 5.74) is 0.934. The third-order valence-corrected chi connectivity index (χ3v) is 2.71. The van der Waals surface area contributed by atoms with Crippen LogP contribution in [-0.4, -0.2) is 27.9 Å². The molecule has 1 N–H and O–H groups in total. The molecule has 0 fully saturated rings. The summed E-state index contributed by atoms with van der Waals surface area (Å²) < 4.78 is 7.69. The zero-order valence-corrected chi connectivity index (χ0v) is 11.3. The Morgan fingerprint density at radius 3 is 2.80 bits per heavy atom. The third kappa shape index (κ3) is 4.79. The van der Waals surface area contributed by atoms with E-state index in [-0.39, 0.29) is 6.61 Å². The minimum atomic E-state index is 0.102. The Morgan fingerprint density at radius 1 is 1.25 bits per heavy atom. The number of hydrogen-bond donors (Lipinski definition) is 1. The van der Waals surface area contributed by atoms with Gasteiger partial charge in [-0.15, -0.1) is 0 Å². The molecule has 0 aliphatic carbocycles. The lowest BCUT2D eigenvalue weighted by atomic mass is 10.2. The summed E-state index contributed by atoms with van der Waals surface area (Å²) in [6.45, 7) is 1.68. The Kier molecular flexibility index (Phi) is 5.69. The maximum Gasteiger partial charge on any atom is 0.119 e. The molecule has 0 bridgehead atoms. The molecule has 20 heavy (non-hydrogen) atoms. The summed E-state index contributed by atoms with van der Waals surface area (Å²) in [6.07, 6.45) is 6.97. The number of aliphatic hydroxyl groups excluding tert-OH is 1. The highest BCUT2D eigenvalue weighted by Gasteiger charge is 1.95. The van der Waals surface area contributed by atoms with E-state index in [2.05, 4.69) is 16.8 Å². The van der Waals surface area contributed by atoms with Crippen LogP contribution in [0.1, 0.15) is 18.4 Å². The Morgan fingerprint density at radius 2 is 2.10 bits per heavy atom. The van der Waals surface area contributed by atoms with E-state index in [0.717, 1.165) is 24.3 Å². The highest BCUT2D eigenvalue weighted by atomic mass is 16.5. The normalized spacial score (nSPS) is 9.85. The number of hydrogen-bond acceptors (Lipinski definition) is 3.